The number of rotatable bonds is 6. The largest absolute Gasteiger partial charge is 0.484 e. The number of benzene rings is 2. The summed E-state index contributed by atoms with van der Waals surface area (Å²) in [6, 6.07) is 15.8. The van der Waals surface area contributed by atoms with Gasteiger partial charge < -0.3 is 15.0 Å². The molecule has 2 rings (SSSR count). The van der Waals surface area contributed by atoms with Crippen molar-refractivity contribution in [2.75, 3.05) is 25.5 Å². The molecule has 2 aromatic rings. The van der Waals surface area contributed by atoms with E-state index in [2.05, 4.69) is 5.32 Å². The van der Waals surface area contributed by atoms with E-state index >= 15 is 0 Å². The van der Waals surface area contributed by atoms with Crippen LogP contribution >= 0.6 is 11.6 Å². The van der Waals surface area contributed by atoms with E-state index in [1.165, 1.54) is 4.90 Å². The van der Waals surface area contributed by atoms with Crippen LogP contribution in [0, 0.1) is 0 Å². The van der Waals surface area contributed by atoms with E-state index in [0.717, 1.165) is 0 Å². The molecule has 0 unspecified atom stereocenters. The van der Waals surface area contributed by atoms with E-state index < -0.39 is 0 Å². The van der Waals surface area contributed by atoms with Gasteiger partial charge in [-0.15, -0.1) is 0 Å². The smallest absolute Gasteiger partial charge is 0.260 e. The summed E-state index contributed by atoms with van der Waals surface area (Å²) in [6.45, 7) is -0.186. The minimum atomic E-state index is -0.303. The van der Waals surface area contributed by atoms with Gasteiger partial charge in [-0.25, -0.2) is 0 Å². The minimum Gasteiger partial charge on any atom is -0.484 e. The van der Waals surface area contributed by atoms with Gasteiger partial charge in [0.05, 0.1) is 6.54 Å². The molecule has 0 radical (unpaired) electrons. The highest BCUT2D eigenvalue weighted by Crippen LogP contribution is 2.14. The lowest BCUT2D eigenvalue weighted by Crippen LogP contribution is -2.37. The average molecular weight is 333 g/mol. The number of nitrogens with zero attached hydrogens (tertiary/aromatic N) is 1. The second kappa shape index (κ2) is 8.19. The van der Waals surface area contributed by atoms with Crippen LogP contribution in [0.1, 0.15) is 0 Å². The molecular formula is C17H17ClN2O3. The number of hydrogen-bond acceptors (Lipinski definition) is 3. The fourth-order valence-electron chi connectivity index (χ4n) is 1.84. The fraction of sp³-hybridized carbons (Fsp3) is 0.176. The predicted octanol–water partition coefficient (Wildman–Crippen LogP) is 2.82. The maximum absolute atomic E-state index is 12.0. The number of ether oxygens (including phenoxy) is 1. The molecule has 0 saturated carbocycles. The standard InChI is InChI=1S/C17H17ClN2O3/c1-20(17(22)12-23-15-8-3-2-4-9-15)11-16(21)19-14-7-5-6-13(18)10-14/h2-10H,11-12H2,1H3,(H,19,21). The summed E-state index contributed by atoms with van der Waals surface area (Å²) in [5, 5.41) is 3.22. The Bertz CT molecular complexity index is 677. The minimum absolute atomic E-state index is 0.0660. The van der Waals surface area contributed by atoms with Crippen molar-refractivity contribution in [3.63, 3.8) is 0 Å². The Morgan fingerprint density at radius 1 is 1.13 bits per heavy atom. The Morgan fingerprint density at radius 2 is 1.87 bits per heavy atom. The van der Waals surface area contributed by atoms with Crippen LogP contribution in [0.4, 0.5) is 5.69 Å². The Hall–Kier alpha value is -2.53. The third kappa shape index (κ3) is 5.64. The molecule has 0 atom stereocenters. The molecule has 0 saturated heterocycles. The molecule has 1 N–H and O–H groups in total. The van der Waals surface area contributed by atoms with Crippen molar-refractivity contribution in [1.82, 2.24) is 4.90 Å². The zero-order chi connectivity index (χ0) is 16.7. The van der Waals surface area contributed by atoms with Gasteiger partial charge in [0.15, 0.2) is 6.61 Å². The second-order valence-electron chi connectivity index (χ2n) is 4.91. The van der Waals surface area contributed by atoms with E-state index in [1.807, 2.05) is 18.2 Å². The molecule has 23 heavy (non-hydrogen) atoms. The van der Waals surface area contributed by atoms with Crippen LogP contribution in [0.2, 0.25) is 5.02 Å². The van der Waals surface area contributed by atoms with Gasteiger partial charge in [-0.2, -0.15) is 0 Å². The highest BCUT2D eigenvalue weighted by Gasteiger charge is 2.13. The number of carbonyl (C=O) groups excluding carboxylic acids is 2. The molecule has 0 bridgehead atoms. The molecule has 5 nitrogen and oxygen atoms in total. The van der Waals surface area contributed by atoms with E-state index in [1.54, 1.807) is 43.4 Å². The van der Waals surface area contributed by atoms with Crippen molar-refractivity contribution in [3.05, 3.63) is 59.6 Å². The summed E-state index contributed by atoms with van der Waals surface area (Å²) in [7, 11) is 1.55. The average Bonchev–Trinajstić information content (AvgIpc) is 2.53. The number of para-hydroxylation sites is 1. The Kier molecular flexibility index (Phi) is 6.00. The molecule has 6 heteroatoms. The zero-order valence-corrected chi connectivity index (χ0v) is 13.4. The lowest BCUT2D eigenvalue weighted by molar-refractivity contribution is -0.135. The molecule has 0 aromatic heterocycles. The van der Waals surface area contributed by atoms with Crippen LogP contribution in [0.5, 0.6) is 5.75 Å². The predicted molar refractivity (Wildman–Crippen MR) is 89.7 cm³/mol. The lowest BCUT2D eigenvalue weighted by atomic mass is 10.3. The summed E-state index contributed by atoms with van der Waals surface area (Å²) < 4.78 is 5.36. The van der Waals surface area contributed by atoms with Gasteiger partial charge in [0, 0.05) is 17.8 Å². The Morgan fingerprint density at radius 3 is 2.57 bits per heavy atom. The van der Waals surface area contributed by atoms with Gasteiger partial charge in [-0.05, 0) is 30.3 Å². The van der Waals surface area contributed by atoms with Crippen LogP contribution in [0.3, 0.4) is 0 Å². The van der Waals surface area contributed by atoms with Crippen molar-refractivity contribution >= 4 is 29.1 Å². The van der Waals surface area contributed by atoms with Crippen LogP contribution < -0.4 is 10.1 Å². The molecule has 120 valence electrons. The number of likely N-dealkylation sites (N-methyl/N-ethyl adjacent to an activating group) is 1. The van der Waals surface area contributed by atoms with Gasteiger partial charge in [0.1, 0.15) is 5.75 Å². The topological polar surface area (TPSA) is 58.6 Å². The van der Waals surface area contributed by atoms with Gasteiger partial charge >= 0.3 is 0 Å². The number of hydrogen-bond donors (Lipinski definition) is 1. The normalized spacial score (nSPS) is 10.0. The third-order valence-electron chi connectivity index (χ3n) is 3.02. The Labute approximate surface area is 139 Å². The molecular weight excluding hydrogens is 316 g/mol. The number of amides is 2. The molecule has 0 aliphatic heterocycles. The molecule has 0 aliphatic carbocycles. The number of anilines is 1. The quantitative estimate of drug-likeness (QED) is 0.885. The first kappa shape index (κ1) is 16.8. The van der Waals surface area contributed by atoms with E-state index in [-0.39, 0.29) is 25.0 Å². The monoisotopic (exact) mass is 332 g/mol. The van der Waals surface area contributed by atoms with Crippen LogP contribution in [-0.4, -0.2) is 36.9 Å². The van der Waals surface area contributed by atoms with Crippen LogP contribution in [0.15, 0.2) is 54.6 Å². The number of carbonyl (C=O) groups is 2. The van der Waals surface area contributed by atoms with Gasteiger partial charge in [-0.3, -0.25) is 9.59 Å². The van der Waals surface area contributed by atoms with Gasteiger partial charge in [0.25, 0.3) is 5.91 Å². The highest BCUT2D eigenvalue weighted by atomic mass is 35.5. The fourth-order valence-corrected chi connectivity index (χ4v) is 2.03. The number of nitrogens with one attached hydrogen (secondary N) is 1. The zero-order valence-electron chi connectivity index (χ0n) is 12.7. The second-order valence-corrected chi connectivity index (χ2v) is 5.35. The van der Waals surface area contributed by atoms with E-state index in [9.17, 15) is 9.59 Å². The summed E-state index contributed by atoms with van der Waals surface area (Å²) >= 11 is 5.85. The Balaban J connectivity index is 1.79. The van der Waals surface area contributed by atoms with E-state index in [0.29, 0.717) is 16.5 Å². The lowest BCUT2D eigenvalue weighted by Gasteiger charge is -2.17. The van der Waals surface area contributed by atoms with E-state index in [4.69, 9.17) is 16.3 Å². The number of halogens is 1. The van der Waals surface area contributed by atoms with Crippen molar-refractivity contribution in [3.8, 4) is 5.75 Å². The molecule has 2 amide bonds. The molecule has 0 heterocycles. The summed E-state index contributed by atoms with van der Waals surface area (Å²) in [6.07, 6.45) is 0. The maximum Gasteiger partial charge on any atom is 0.260 e. The van der Waals surface area contributed by atoms with Gasteiger partial charge in [0.2, 0.25) is 5.91 Å². The molecule has 0 fully saturated rings. The van der Waals surface area contributed by atoms with Crippen LogP contribution in [-0.2, 0) is 9.59 Å². The molecule has 0 aliphatic rings. The van der Waals surface area contributed by atoms with Crippen LogP contribution in [0.25, 0.3) is 0 Å². The van der Waals surface area contributed by atoms with Crippen molar-refractivity contribution in [1.29, 1.82) is 0 Å². The SMILES string of the molecule is CN(CC(=O)Nc1cccc(Cl)c1)C(=O)COc1ccccc1. The summed E-state index contributed by atoms with van der Waals surface area (Å²) in [4.78, 5) is 25.2. The highest BCUT2D eigenvalue weighted by molar-refractivity contribution is 6.30. The first-order chi connectivity index (χ1) is 11.0. The van der Waals surface area contributed by atoms with Crippen molar-refractivity contribution < 1.29 is 14.3 Å². The molecule has 0 spiro atoms. The maximum atomic E-state index is 12.0. The van der Waals surface area contributed by atoms with Crippen molar-refractivity contribution in [2.24, 2.45) is 0 Å². The van der Waals surface area contributed by atoms with Crippen molar-refractivity contribution in [2.45, 2.75) is 0 Å². The molecule has 2 aromatic carbocycles. The summed E-state index contributed by atoms with van der Waals surface area (Å²) in [5.41, 5.74) is 0.587. The first-order valence-electron chi connectivity index (χ1n) is 7.02. The summed E-state index contributed by atoms with van der Waals surface area (Å²) in [5.74, 6) is 0.0237. The first-order valence-corrected chi connectivity index (χ1v) is 7.39. The van der Waals surface area contributed by atoms with Gasteiger partial charge in [-0.1, -0.05) is 35.9 Å². The third-order valence-corrected chi connectivity index (χ3v) is 3.26.